The highest BCUT2D eigenvalue weighted by Gasteiger charge is 2.16. The van der Waals surface area contributed by atoms with Crippen molar-refractivity contribution in [2.24, 2.45) is 0 Å². The van der Waals surface area contributed by atoms with E-state index in [0.717, 1.165) is 26.7 Å². The van der Waals surface area contributed by atoms with E-state index in [9.17, 15) is 14.4 Å². The van der Waals surface area contributed by atoms with Crippen LogP contribution in [-0.2, 0) is 9.53 Å². The molecule has 0 aliphatic carbocycles. The zero-order valence-corrected chi connectivity index (χ0v) is 17.4. The minimum Gasteiger partial charge on any atom is -0.456 e. The van der Waals surface area contributed by atoms with Crippen LogP contribution in [0.4, 0.5) is 0 Å². The SMILES string of the molecule is Cc1cc(C(=O)COC(=O)CNC(=O)c2cccc(Br)c2)c(C)c(C)c1C. The minimum atomic E-state index is -0.662. The number of carbonyl (C=O) groups is 3. The largest absolute Gasteiger partial charge is 0.456 e. The topological polar surface area (TPSA) is 72.5 Å². The van der Waals surface area contributed by atoms with Crippen LogP contribution in [0.1, 0.15) is 43.0 Å². The zero-order valence-electron chi connectivity index (χ0n) is 15.8. The van der Waals surface area contributed by atoms with Gasteiger partial charge in [0, 0.05) is 15.6 Å². The summed E-state index contributed by atoms with van der Waals surface area (Å²) in [6.45, 7) is 7.16. The first kappa shape index (κ1) is 20.8. The third kappa shape index (κ3) is 5.26. The van der Waals surface area contributed by atoms with E-state index in [0.29, 0.717) is 11.1 Å². The van der Waals surface area contributed by atoms with E-state index in [-0.39, 0.29) is 24.8 Å². The summed E-state index contributed by atoms with van der Waals surface area (Å²) in [6, 6.07) is 8.63. The number of Topliss-reactive ketones (excluding diaryl/α,β-unsaturated/α-hetero) is 1. The molecule has 0 atom stereocenters. The van der Waals surface area contributed by atoms with Crippen molar-refractivity contribution >= 4 is 33.6 Å². The van der Waals surface area contributed by atoms with Crippen molar-refractivity contribution in [3.05, 3.63) is 68.2 Å². The number of hydrogen-bond acceptors (Lipinski definition) is 4. The Labute approximate surface area is 167 Å². The van der Waals surface area contributed by atoms with E-state index < -0.39 is 5.97 Å². The van der Waals surface area contributed by atoms with Crippen LogP contribution in [0.2, 0.25) is 0 Å². The van der Waals surface area contributed by atoms with Crippen LogP contribution in [0.5, 0.6) is 0 Å². The fourth-order valence-electron chi connectivity index (χ4n) is 2.66. The molecule has 2 rings (SSSR count). The molecule has 0 aliphatic rings. The van der Waals surface area contributed by atoms with E-state index in [2.05, 4.69) is 21.2 Å². The van der Waals surface area contributed by atoms with Gasteiger partial charge in [-0.25, -0.2) is 0 Å². The Kier molecular flexibility index (Phi) is 6.91. The van der Waals surface area contributed by atoms with Crippen molar-refractivity contribution in [2.45, 2.75) is 27.7 Å². The van der Waals surface area contributed by atoms with Gasteiger partial charge >= 0.3 is 5.97 Å². The Hall–Kier alpha value is -2.47. The standard InChI is InChI=1S/C21H22BrNO4/c1-12-8-18(15(4)14(3)13(12)2)19(24)11-27-20(25)10-23-21(26)16-6-5-7-17(22)9-16/h5-9H,10-11H2,1-4H3,(H,23,26). The van der Waals surface area contributed by atoms with Crippen LogP contribution in [0, 0.1) is 27.7 Å². The van der Waals surface area contributed by atoms with Gasteiger partial charge < -0.3 is 10.1 Å². The second kappa shape index (κ2) is 8.95. The Morgan fingerprint density at radius 3 is 2.37 bits per heavy atom. The lowest BCUT2D eigenvalue weighted by Gasteiger charge is -2.13. The predicted octanol–water partition coefficient (Wildman–Crippen LogP) is 3.84. The van der Waals surface area contributed by atoms with Gasteiger partial charge in [0.1, 0.15) is 6.54 Å². The number of esters is 1. The number of aryl methyl sites for hydroxylation is 1. The summed E-state index contributed by atoms with van der Waals surface area (Å²) in [5.74, 6) is -1.31. The van der Waals surface area contributed by atoms with Crippen LogP contribution in [0.3, 0.4) is 0 Å². The number of ether oxygens (including phenoxy) is 1. The number of hydrogen-bond donors (Lipinski definition) is 1. The van der Waals surface area contributed by atoms with Gasteiger partial charge in [-0.2, -0.15) is 0 Å². The monoisotopic (exact) mass is 431 g/mol. The van der Waals surface area contributed by atoms with Crippen LogP contribution in [0.25, 0.3) is 0 Å². The van der Waals surface area contributed by atoms with Crippen LogP contribution >= 0.6 is 15.9 Å². The average molecular weight is 432 g/mol. The predicted molar refractivity (Wildman–Crippen MR) is 107 cm³/mol. The molecule has 142 valence electrons. The molecule has 0 fully saturated rings. The van der Waals surface area contributed by atoms with Gasteiger partial charge in [-0.1, -0.05) is 22.0 Å². The van der Waals surface area contributed by atoms with Crippen LogP contribution in [0.15, 0.2) is 34.8 Å². The van der Waals surface area contributed by atoms with Crippen molar-refractivity contribution < 1.29 is 19.1 Å². The number of ketones is 1. The first-order chi connectivity index (χ1) is 12.7. The fourth-order valence-corrected chi connectivity index (χ4v) is 3.06. The lowest BCUT2D eigenvalue weighted by Crippen LogP contribution is -2.31. The molecule has 0 bridgehead atoms. The van der Waals surface area contributed by atoms with Gasteiger partial charge in [0.05, 0.1) is 0 Å². The smallest absolute Gasteiger partial charge is 0.325 e. The molecule has 0 saturated heterocycles. The Bertz CT molecular complexity index is 905. The van der Waals surface area contributed by atoms with Crippen molar-refractivity contribution in [3.8, 4) is 0 Å². The highest BCUT2D eigenvalue weighted by Crippen LogP contribution is 2.21. The van der Waals surface area contributed by atoms with Crippen molar-refractivity contribution in [2.75, 3.05) is 13.2 Å². The Morgan fingerprint density at radius 1 is 1.00 bits per heavy atom. The average Bonchev–Trinajstić information content (AvgIpc) is 2.65. The molecule has 27 heavy (non-hydrogen) atoms. The molecule has 6 heteroatoms. The summed E-state index contributed by atoms with van der Waals surface area (Å²) < 4.78 is 5.79. The molecule has 2 aromatic carbocycles. The van der Waals surface area contributed by atoms with E-state index in [1.54, 1.807) is 24.3 Å². The second-order valence-electron chi connectivity index (χ2n) is 6.39. The summed E-state index contributed by atoms with van der Waals surface area (Å²) in [5, 5.41) is 2.48. The number of nitrogens with one attached hydrogen (secondary N) is 1. The normalized spacial score (nSPS) is 10.4. The quantitative estimate of drug-likeness (QED) is 0.556. The van der Waals surface area contributed by atoms with E-state index in [1.165, 1.54) is 0 Å². The number of rotatable bonds is 6. The van der Waals surface area contributed by atoms with Gasteiger partial charge in [0.15, 0.2) is 6.61 Å². The van der Waals surface area contributed by atoms with E-state index >= 15 is 0 Å². The number of halogens is 1. The first-order valence-corrected chi connectivity index (χ1v) is 9.30. The molecule has 0 unspecified atom stereocenters. The Balaban J connectivity index is 1.90. The summed E-state index contributed by atoms with van der Waals surface area (Å²) in [7, 11) is 0. The molecule has 0 heterocycles. The van der Waals surface area contributed by atoms with Gasteiger partial charge in [-0.3, -0.25) is 14.4 Å². The van der Waals surface area contributed by atoms with Crippen LogP contribution < -0.4 is 5.32 Å². The van der Waals surface area contributed by atoms with Gasteiger partial charge in [-0.05, 0) is 74.2 Å². The lowest BCUT2D eigenvalue weighted by atomic mass is 9.93. The molecule has 0 aromatic heterocycles. The third-order valence-corrected chi connectivity index (χ3v) is 5.12. The molecule has 0 spiro atoms. The molecule has 0 radical (unpaired) electrons. The highest BCUT2D eigenvalue weighted by molar-refractivity contribution is 9.10. The van der Waals surface area contributed by atoms with Gasteiger partial charge in [0.25, 0.3) is 5.91 Å². The molecular formula is C21H22BrNO4. The fraction of sp³-hybridized carbons (Fsp3) is 0.286. The minimum absolute atomic E-state index is 0.259. The molecule has 1 amide bonds. The van der Waals surface area contributed by atoms with E-state index in [1.807, 2.05) is 33.8 Å². The second-order valence-corrected chi connectivity index (χ2v) is 7.31. The maximum absolute atomic E-state index is 12.4. The molecule has 1 N–H and O–H groups in total. The molecule has 5 nitrogen and oxygen atoms in total. The maximum Gasteiger partial charge on any atom is 0.325 e. The lowest BCUT2D eigenvalue weighted by molar-refractivity contribution is -0.141. The summed E-state index contributed by atoms with van der Waals surface area (Å²) >= 11 is 3.28. The number of carbonyl (C=O) groups excluding carboxylic acids is 3. The van der Waals surface area contributed by atoms with Crippen LogP contribution in [-0.4, -0.2) is 30.8 Å². The first-order valence-electron chi connectivity index (χ1n) is 8.50. The van der Waals surface area contributed by atoms with Crippen molar-refractivity contribution in [1.29, 1.82) is 0 Å². The third-order valence-electron chi connectivity index (χ3n) is 4.63. The molecular weight excluding hydrogens is 410 g/mol. The van der Waals surface area contributed by atoms with Gasteiger partial charge in [-0.15, -0.1) is 0 Å². The number of amides is 1. The maximum atomic E-state index is 12.4. The molecule has 0 saturated carbocycles. The van der Waals surface area contributed by atoms with Crippen molar-refractivity contribution in [3.63, 3.8) is 0 Å². The Morgan fingerprint density at radius 2 is 1.70 bits per heavy atom. The molecule has 0 aliphatic heterocycles. The molecule has 2 aromatic rings. The number of benzene rings is 2. The van der Waals surface area contributed by atoms with Gasteiger partial charge in [0.2, 0.25) is 5.78 Å². The summed E-state index contributed by atoms with van der Waals surface area (Å²) in [6.07, 6.45) is 0. The highest BCUT2D eigenvalue weighted by atomic mass is 79.9. The summed E-state index contributed by atoms with van der Waals surface area (Å²) in [5.41, 5.74) is 5.11. The zero-order chi connectivity index (χ0) is 20.1. The summed E-state index contributed by atoms with van der Waals surface area (Å²) in [4.78, 5) is 36.3. The van der Waals surface area contributed by atoms with E-state index in [4.69, 9.17) is 4.74 Å². The van der Waals surface area contributed by atoms with Crippen molar-refractivity contribution in [1.82, 2.24) is 5.32 Å².